The number of hydrogen-bond donors (Lipinski definition) is 1. The van der Waals surface area contributed by atoms with E-state index in [4.69, 9.17) is 26.2 Å². The van der Waals surface area contributed by atoms with Gasteiger partial charge in [0.2, 0.25) is 0 Å². The quantitative estimate of drug-likeness (QED) is 0.883. The van der Waals surface area contributed by atoms with Crippen LogP contribution in [0.2, 0.25) is 5.02 Å². The van der Waals surface area contributed by atoms with Gasteiger partial charge in [-0.05, 0) is 18.2 Å². The second kappa shape index (κ2) is 4.72. The van der Waals surface area contributed by atoms with Crippen molar-refractivity contribution >= 4 is 17.6 Å². The maximum atomic E-state index is 10.7. The highest BCUT2D eigenvalue weighted by molar-refractivity contribution is 6.32. The van der Waals surface area contributed by atoms with Gasteiger partial charge < -0.3 is 14.6 Å². The van der Waals surface area contributed by atoms with E-state index in [0.29, 0.717) is 24.0 Å². The highest BCUT2D eigenvalue weighted by atomic mass is 35.5. The Bertz CT molecular complexity index is 399. The number of carboxylic acids is 1. The van der Waals surface area contributed by atoms with Crippen molar-refractivity contribution in [3.8, 4) is 5.75 Å². The van der Waals surface area contributed by atoms with Crippen LogP contribution in [-0.4, -0.2) is 30.4 Å². The van der Waals surface area contributed by atoms with Gasteiger partial charge in [-0.15, -0.1) is 0 Å². The molecule has 1 heterocycles. The van der Waals surface area contributed by atoms with Crippen LogP contribution in [-0.2, 0) is 4.74 Å². The van der Waals surface area contributed by atoms with Crippen LogP contribution in [0.4, 0.5) is 0 Å². The third-order valence-corrected chi connectivity index (χ3v) is 2.66. The van der Waals surface area contributed by atoms with Crippen LogP contribution in [0.3, 0.4) is 0 Å². The average Bonchev–Trinajstić information content (AvgIpc) is 2.73. The molecule has 1 aromatic rings. The topological polar surface area (TPSA) is 55.8 Å². The Morgan fingerprint density at radius 2 is 2.38 bits per heavy atom. The zero-order chi connectivity index (χ0) is 11.5. The van der Waals surface area contributed by atoms with E-state index in [1.54, 1.807) is 6.07 Å². The SMILES string of the molecule is O=C(O)c1ccc(OC2CCOC2)c(Cl)c1. The van der Waals surface area contributed by atoms with E-state index in [9.17, 15) is 4.79 Å². The van der Waals surface area contributed by atoms with Crippen LogP contribution in [0, 0.1) is 0 Å². The van der Waals surface area contributed by atoms with Crippen molar-refractivity contribution in [3.63, 3.8) is 0 Å². The molecule has 86 valence electrons. The number of halogens is 1. The first-order valence-electron chi connectivity index (χ1n) is 4.94. The summed E-state index contributed by atoms with van der Waals surface area (Å²) in [5.41, 5.74) is 0.153. The van der Waals surface area contributed by atoms with E-state index in [0.717, 1.165) is 6.42 Å². The monoisotopic (exact) mass is 242 g/mol. The number of rotatable bonds is 3. The first-order chi connectivity index (χ1) is 7.66. The molecule has 4 nitrogen and oxygen atoms in total. The Morgan fingerprint density at radius 3 is 2.94 bits per heavy atom. The number of hydrogen-bond acceptors (Lipinski definition) is 3. The van der Waals surface area contributed by atoms with E-state index in [1.165, 1.54) is 12.1 Å². The maximum Gasteiger partial charge on any atom is 0.335 e. The van der Waals surface area contributed by atoms with E-state index in [2.05, 4.69) is 0 Å². The van der Waals surface area contributed by atoms with Gasteiger partial charge >= 0.3 is 5.97 Å². The Kier molecular flexibility index (Phi) is 3.31. The number of benzene rings is 1. The lowest BCUT2D eigenvalue weighted by Crippen LogP contribution is -2.16. The summed E-state index contributed by atoms with van der Waals surface area (Å²) < 4.78 is 10.8. The van der Waals surface area contributed by atoms with Crippen molar-refractivity contribution < 1.29 is 19.4 Å². The molecule has 1 aliphatic rings. The van der Waals surface area contributed by atoms with Gasteiger partial charge in [-0.25, -0.2) is 4.79 Å². The van der Waals surface area contributed by atoms with Crippen molar-refractivity contribution in [1.29, 1.82) is 0 Å². The summed E-state index contributed by atoms with van der Waals surface area (Å²) in [6.07, 6.45) is 0.838. The standard InChI is InChI=1S/C11H11ClO4/c12-9-5-7(11(13)14)1-2-10(9)16-8-3-4-15-6-8/h1-2,5,8H,3-4,6H2,(H,13,14). The molecule has 0 bridgehead atoms. The lowest BCUT2D eigenvalue weighted by atomic mass is 10.2. The van der Waals surface area contributed by atoms with Crippen LogP contribution in [0.1, 0.15) is 16.8 Å². The van der Waals surface area contributed by atoms with Crippen molar-refractivity contribution in [1.82, 2.24) is 0 Å². The molecular weight excluding hydrogens is 232 g/mol. The molecule has 0 aliphatic carbocycles. The Balaban J connectivity index is 2.12. The fraction of sp³-hybridized carbons (Fsp3) is 0.364. The molecule has 2 rings (SSSR count). The minimum Gasteiger partial charge on any atom is -0.486 e. The molecule has 0 amide bonds. The predicted molar refractivity (Wildman–Crippen MR) is 58.3 cm³/mol. The van der Waals surface area contributed by atoms with Gasteiger partial charge in [-0.2, -0.15) is 0 Å². The second-order valence-corrected chi connectivity index (χ2v) is 3.96. The molecule has 16 heavy (non-hydrogen) atoms. The van der Waals surface area contributed by atoms with Gasteiger partial charge in [0.1, 0.15) is 11.9 Å². The molecule has 0 saturated carbocycles. The van der Waals surface area contributed by atoms with Crippen molar-refractivity contribution in [2.24, 2.45) is 0 Å². The summed E-state index contributed by atoms with van der Waals surface area (Å²) in [5, 5.41) is 9.08. The Hall–Kier alpha value is -1.26. The van der Waals surface area contributed by atoms with Gasteiger partial charge in [0, 0.05) is 6.42 Å². The molecule has 1 fully saturated rings. The predicted octanol–water partition coefficient (Wildman–Crippen LogP) is 2.21. The molecule has 1 unspecified atom stereocenters. The van der Waals surface area contributed by atoms with Crippen molar-refractivity contribution in [2.75, 3.05) is 13.2 Å². The van der Waals surface area contributed by atoms with Crippen LogP contribution in [0.5, 0.6) is 5.75 Å². The lowest BCUT2D eigenvalue weighted by molar-refractivity contribution is 0.0697. The summed E-state index contributed by atoms with van der Waals surface area (Å²) in [7, 11) is 0. The lowest BCUT2D eigenvalue weighted by Gasteiger charge is -2.13. The minimum absolute atomic E-state index is 0.00757. The Morgan fingerprint density at radius 1 is 1.56 bits per heavy atom. The zero-order valence-corrected chi connectivity index (χ0v) is 9.24. The molecule has 0 radical (unpaired) electrons. The van der Waals surface area contributed by atoms with Gasteiger partial charge in [-0.1, -0.05) is 11.6 Å². The van der Waals surface area contributed by atoms with Crippen LogP contribution >= 0.6 is 11.6 Å². The second-order valence-electron chi connectivity index (χ2n) is 3.55. The first kappa shape index (κ1) is 11.2. The largest absolute Gasteiger partial charge is 0.486 e. The van der Waals surface area contributed by atoms with Crippen LogP contribution in [0.15, 0.2) is 18.2 Å². The normalized spacial score (nSPS) is 19.7. The molecule has 1 aromatic carbocycles. The molecule has 1 aliphatic heterocycles. The van der Waals surface area contributed by atoms with Crippen molar-refractivity contribution in [2.45, 2.75) is 12.5 Å². The van der Waals surface area contributed by atoms with E-state index < -0.39 is 5.97 Å². The van der Waals surface area contributed by atoms with Gasteiger partial charge in [0.15, 0.2) is 0 Å². The molecule has 0 aromatic heterocycles. The molecule has 1 N–H and O–H groups in total. The number of carboxylic acid groups (broad SMARTS) is 1. The summed E-state index contributed by atoms with van der Waals surface area (Å²) in [4.78, 5) is 10.7. The van der Waals surface area contributed by atoms with Crippen LogP contribution in [0.25, 0.3) is 0 Å². The third kappa shape index (κ3) is 2.46. The van der Waals surface area contributed by atoms with Crippen molar-refractivity contribution in [3.05, 3.63) is 28.8 Å². The third-order valence-electron chi connectivity index (χ3n) is 2.36. The van der Waals surface area contributed by atoms with E-state index in [1.807, 2.05) is 0 Å². The number of carbonyl (C=O) groups is 1. The summed E-state index contributed by atoms with van der Waals surface area (Å²) in [6, 6.07) is 4.43. The van der Waals surface area contributed by atoms with Gasteiger partial charge in [-0.3, -0.25) is 0 Å². The van der Waals surface area contributed by atoms with Gasteiger partial charge in [0.25, 0.3) is 0 Å². The Labute approximate surface area is 97.7 Å². The summed E-state index contributed by atoms with van der Waals surface area (Å²) in [5.74, 6) is -0.500. The minimum atomic E-state index is -1.00. The first-order valence-corrected chi connectivity index (χ1v) is 5.32. The molecule has 5 heteroatoms. The molecule has 0 spiro atoms. The zero-order valence-electron chi connectivity index (χ0n) is 8.48. The average molecular weight is 243 g/mol. The highest BCUT2D eigenvalue weighted by Crippen LogP contribution is 2.27. The van der Waals surface area contributed by atoms with E-state index in [-0.39, 0.29) is 11.7 Å². The summed E-state index contributed by atoms with van der Waals surface area (Å²) in [6.45, 7) is 1.24. The van der Waals surface area contributed by atoms with E-state index >= 15 is 0 Å². The molecule has 1 atom stereocenters. The van der Waals surface area contributed by atoms with Gasteiger partial charge in [0.05, 0.1) is 23.8 Å². The molecule has 1 saturated heterocycles. The van der Waals surface area contributed by atoms with Crippen LogP contribution < -0.4 is 4.74 Å². The number of ether oxygens (including phenoxy) is 2. The fourth-order valence-electron chi connectivity index (χ4n) is 1.51. The highest BCUT2D eigenvalue weighted by Gasteiger charge is 2.18. The maximum absolute atomic E-state index is 10.7. The fourth-order valence-corrected chi connectivity index (χ4v) is 1.74. The smallest absolute Gasteiger partial charge is 0.335 e. The number of aromatic carboxylic acids is 1. The molecular formula is C11H11ClO4. The summed E-state index contributed by atoms with van der Waals surface area (Å²) >= 11 is 5.92.